The van der Waals surface area contributed by atoms with Crippen molar-refractivity contribution >= 4 is 29.1 Å². The summed E-state index contributed by atoms with van der Waals surface area (Å²) in [7, 11) is 0. The van der Waals surface area contributed by atoms with Crippen molar-refractivity contribution in [3.8, 4) is 0 Å². The number of hydrogen-bond donors (Lipinski definition) is 3. The van der Waals surface area contributed by atoms with Gasteiger partial charge in [0, 0.05) is 11.3 Å². The molecule has 4 nitrogen and oxygen atoms in total. The molecule has 0 spiro atoms. The molecule has 5 N–H and O–H groups in total. The van der Waals surface area contributed by atoms with Crippen LogP contribution in [0, 0.1) is 0 Å². The predicted octanol–water partition coefficient (Wildman–Crippen LogP) is 2.33. The smallest absolute Gasteiger partial charge is 0.149 e. The molecule has 0 aliphatic heterocycles. The summed E-state index contributed by atoms with van der Waals surface area (Å²) in [5.74, 6) is 1.22. The van der Waals surface area contributed by atoms with Gasteiger partial charge in [0.1, 0.15) is 11.6 Å². The van der Waals surface area contributed by atoms with E-state index in [-0.39, 0.29) is 0 Å². The van der Waals surface area contributed by atoms with Crippen molar-refractivity contribution in [2.75, 3.05) is 29.6 Å². The van der Waals surface area contributed by atoms with Crippen LogP contribution in [0.4, 0.5) is 17.3 Å². The van der Waals surface area contributed by atoms with Crippen LogP contribution < -0.4 is 16.8 Å². The normalized spacial score (nSPS) is 18.2. The lowest BCUT2D eigenvalue weighted by atomic mass is 10.1. The fourth-order valence-corrected chi connectivity index (χ4v) is 3.22. The Morgan fingerprint density at radius 3 is 2.65 bits per heavy atom. The quantitative estimate of drug-likeness (QED) is 0.766. The average Bonchev–Trinajstić information content (AvgIpc) is 2.80. The Balaban J connectivity index is 1.99. The van der Waals surface area contributed by atoms with Crippen LogP contribution in [-0.2, 0) is 0 Å². The Morgan fingerprint density at radius 2 is 2.06 bits per heavy atom. The molecule has 1 saturated carbocycles. The first-order chi connectivity index (χ1) is 8.15. The maximum Gasteiger partial charge on any atom is 0.149 e. The van der Waals surface area contributed by atoms with Crippen LogP contribution in [0.2, 0.25) is 0 Å². The number of aromatic nitrogens is 1. The van der Waals surface area contributed by atoms with Gasteiger partial charge in [0.15, 0.2) is 0 Å². The van der Waals surface area contributed by atoms with E-state index in [1.54, 1.807) is 6.07 Å². The molecule has 1 aliphatic rings. The van der Waals surface area contributed by atoms with Crippen LogP contribution in [0.25, 0.3) is 0 Å². The second-order valence-corrected chi connectivity index (χ2v) is 5.89. The number of anilines is 3. The fourth-order valence-electron chi connectivity index (χ4n) is 2.31. The van der Waals surface area contributed by atoms with Gasteiger partial charge in [-0.25, -0.2) is 4.98 Å². The SMILES string of the molecule is CSC1(CNc2ccc(N)c(N)n2)CCCC1. The van der Waals surface area contributed by atoms with E-state index in [0.29, 0.717) is 16.3 Å². The van der Waals surface area contributed by atoms with Crippen molar-refractivity contribution < 1.29 is 0 Å². The van der Waals surface area contributed by atoms with E-state index in [1.165, 1.54) is 25.7 Å². The first-order valence-corrected chi connectivity index (χ1v) is 7.19. The van der Waals surface area contributed by atoms with Crippen molar-refractivity contribution in [1.29, 1.82) is 0 Å². The summed E-state index contributed by atoms with van der Waals surface area (Å²) in [5, 5.41) is 3.38. The molecule has 0 saturated heterocycles. The predicted molar refractivity (Wildman–Crippen MR) is 76.3 cm³/mol. The molecule has 1 fully saturated rings. The average molecular weight is 252 g/mol. The van der Waals surface area contributed by atoms with Gasteiger partial charge in [0.2, 0.25) is 0 Å². The lowest BCUT2D eigenvalue weighted by Crippen LogP contribution is -2.30. The standard InChI is InChI=1S/C12H20N4S/c1-17-12(6-2-3-7-12)8-15-10-5-4-9(13)11(14)16-10/h4-5H,2-3,6-8,13H2,1H3,(H3,14,15,16). The third-order valence-electron chi connectivity index (χ3n) is 3.50. The zero-order valence-electron chi connectivity index (χ0n) is 10.2. The summed E-state index contributed by atoms with van der Waals surface area (Å²) >= 11 is 1.96. The molecule has 1 heterocycles. The molecular weight excluding hydrogens is 232 g/mol. The van der Waals surface area contributed by atoms with E-state index in [4.69, 9.17) is 11.5 Å². The Morgan fingerprint density at radius 1 is 1.35 bits per heavy atom. The Bertz CT molecular complexity index is 388. The summed E-state index contributed by atoms with van der Waals surface area (Å²) in [4.78, 5) is 4.23. The number of hydrogen-bond acceptors (Lipinski definition) is 5. The number of nitrogens with zero attached hydrogens (tertiary/aromatic N) is 1. The van der Waals surface area contributed by atoms with Crippen LogP contribution in [0.15, 0.2) is 12.1 Å². The number of pyridine rings is 1. The Labute approximate surface area is 107 Å². The summed E-state index contributed by atoms with van der Waals surface area (Å²) in [5.41, 5.74) is 11.9. The highest BCUT2D eigenvalue weighted by molar-refractivity contribution is 8.00. The van der Waals surface area contributed by atoms with Gasteiger partial charge in [-0.2, -0.15) is 11.8 Å². The molecule has 0 aromatic carbocycles. The van der Waals surface area contributed by atoms with Crippen molar-refractivity contribution in [3.63, 3.8) is 0 Å². The van der Waals surface area contributed by atoms with Crippen molar-refractivity contribution in [2.24, 2.45) is 0 Å². The van der Waals surface area contributed by atoms with Crippen molar-refractivity contribution in [1.82, 2.24) is 4.98 Å². The number of nitrogens with two attached hydrogens (primary N) is 2. The van der Waals surface area contributed by atoms with Gasteiger partial charge in [0.05, 0.1) is 5.69 Å². The van der Waals surface area contributed by atoms with Crippen molar-refractivity contribution in [2.45, 2.75) is 30.4 Å². The van der Waals surface area contributed by atoms with Gasteiger partial charge in [-0.05, 0) is 31.2 Å². The number of nitrogen functional groups attached to an aromatic ring is 2. The molecule has 94 valence electrons. The maximum absolute atomic E-state index is 5.69. The number of nitrogens with one attached hydrogen (secondary N) is 1. The fraction of sp³-hybridized carbons (Fsp3) is 0.583. The Kier molecular flexibility index (Phi) is 3.66. The van der Waals surface area contributed by atoms with Gasteiger partial charge in [-0.1, -0.05) is 12.8 Å². The van der Waals surface area contributed by atoms with E-state index in [1.807, 2.05) is 17.8 Å². The monoisotopic (exact) mass is 252 g/mol. The van der Waals surface area contributed by atoms with Gasteiger partial charge in [-0.3, -0.25) is 0 Å². The molecule has 2 rings (SSSR count). The van der Waals surface area contributed by atoms with E-state index >= 15 is 0 Å². The summed E-state index contributed by atoms with van der Waals surface area (Å²) < 4.78 is 0.373. The zero-order valence-corrected chi connectivity index (χ0v) is 11.0. The molecule has 1 aromatic rings. The maximum atomic E-state index is 5.69. The van der Waals surface area contributed by atoms with E-state index in [9.17, 15) is 0 Å². The molecule has 1 aromatic heterocycles. The third kappa shape index (κ3) is 2.77. The van der Waals surface area contributed by atoms with Crippen LogP contribution in [0.3, 0.4) is 0 Å². The molecule has 1 aliphatic carbocycles. The van der Waals surface area contributed by atoms with Gasteiger partial charge in [0.25, 0.3) is 0 Å². The minimum absolute atomic E-state index is 0.373. The topological polar surface area (TPSA) is 77.0 Å². The second kappa shape index (κ2) is 5.04. The minimum atomic E-state index is 0.373. The van der Waals surface area contributed by atoms with Crippen LogP contribution in [0.5, 0.6) is 0 Å². The van der Waals surface area contributed by atoms with E-state index in [2.05, 4.69) is 16.6 Å². The molecule has 17 heavy (non-hydrogen) atoms. The molecular formula is C12H20N4S. The van der Waals surface area contributed by atoms with E-state index in [0.717, 1.165) is 12.4 Å². The number of rotatable bonds is 4. The van der Waals surface area contributed by atoms with Crippen LogP contribution in [0.1, 0.15) is 25.7 Å². The highest BCUT2D eigenvalue weighted by Crippen LogP contribution is 2.40. The summed E-state index contributed by atoms with van der Waals surface area (Å²) in [6, 6.07) is 3.68. The third-order valence-corrected chi connectivity index (χ3v) is 4.92. The second-order valence-electron chi connectivity index (χ2n) is 4.62. The first-order valence-electron chi connectivity index (χ1n) is 5.96. The molecule has 0 radical (unpaired) electrons. The first kappa shape index (κ1) is 12.4. The molecule has 0 unspecified atom stereocenters. The zero-order chi connectivity index (χ0) is 12.3. The molecule has 0 bridgehead atoms. The van der Waals surface area contributed by atoms with Crippen LogP contribution in [-0.4, -0.2) is 22.5 Å². The van der Waals surface area contributed by atoms with Gasteiger partial charge >= 0.3 is 0 Å². The Hall–Kier alpha value is -1.10. The minimum Gasteiger partial charge on any atom is -0.396 e. The summed E-state index contributed by atoms with van der Waals surface area (Å²) in [6.07, 6.45) is 7.43. The highest BCUT2D eigenvalue weighted by Gasteiger charge is 2.32. The highest BCUT2D eigenvalue weighted by atomic mass is 32.2. The van der Waals surface area contributed by atoms with Gasteiger partial charge < -0.3 is 16.8 Å². The summed E-state index contributed by atoms with van der Waals surface area (Å²) in [6.45, 7) is 0.949. The lowest BCUT2D eigenvalue weighted by molar-refractivity contribution is 0.639. The molecule has 5 heteroatoms. The molecule has 0 amide bonds. The van der Waals surface area contributed by atoms with Crippen LogP contribution >= 0.6 is 11.8 Å². The van der Waals surface area contributed by atoms with Crippen molar-refractivity contribution in [3.05, 3.63) is 12.1 Å². The van der Waals surface area contributed by atoms with E-state index < -0.39 is 0 Å². The largest absolute Gasteiger partial charge is 0.396 e. The molecule has 0 atom stereocenters. The van der Waals surface area contributed by atoms with Gasteiger partial charge in [-0.15, -0.1) is 0 Å². The number of thioether (sulfide) groups is 1. The lowest BCUT2D eigenvalue weighted by Gasteiger charge is -2.27.